The Morgan fingerprint density at radius 3 is 2.72 bits per heavy atom. The van der Waals surface area contributed by atoms with Crippen LogP contribution in [0.1, 0.15) is 91.4 Å². The van der Waals surface area contributed by atoms with Crippen LogP contribution < -0.4 is 0 Å². The second-order valence-electron chi connectivity index (χ2n) is 10.9. The third-order valence-corrected chi connectivity index (χ3v) is 9.46. The lowest BCUT2D eigenvalue weighted by atomic mass is 9.50. The molecule has 29 heavy (non-hydrogen) atoms. The number of carbonyl (C=O) groups is 2. The Hall–Kier alpha value is -1.38. The summed E-state index contributed by atoms with van der Waals surface area (Å²) in [6.07, 6.45) is 15.8. The van der Waals surface area contributed by atoms with Gasteiger partial charge in [0.15, 0.2) is 5.78 Å². The molecular formula is C26H38O3. The molecule has 6 unspecified atom stereocenters. The highest BCUT2D eigenvalue weighted by Gasteiger charge is 2.56. The van der Waals surface area contributed by atoms with Crippen molar-refractivity contribution in [3.05, 3.63) is 23.3 Å². The lowest BCUT2D eigenvalue weighted by Crippen LogP contribution is -2.46. The summed E-state index contributed by atoms with van der Waals surface area (Å²) in [6, 6.07) is 0. The molecule has 4 aliphatic carbocycles. The zero-order chi connectivity index (χ0) is 20.8. The number of allylic oxidation sites excluding steroid dienone is 4. The fourth-order valence-corrected chi connectivity index (χ4v) is 7.78. The van der Waals surface area contributed by atoms with Crippen LogP contribution in [0, 0.1) is 34.5 Å². The van der Waals surface area contributed by atoms with Crippen molar-refractivity contribution in [2.24, 2.45) is 34.5 Å². The van der Waals surface area contributed by atoms with Crippen LogP contribution >= 0.6 is 0 Å². The molecule has 3 nitrogen and oxygen atoms in total. The zero-order valence-corrected chi connectivity index (χ0v) is 18.5. The van der Waals surface area contributed by atoms with Crippen LogP contribution in [0.5, 0.6) is 0 Å². The molecular weight excluding hydrogens is 360 g/mol. The van der Waals surface area contributed by atoms with Crippen molar-refractivity contribution >= 4 is 11.8 Å². The van der Waals surface area contributed by atoms with Gasteiger partial charge in [-0.05, 0) is 85.5 Å². The average molecular weight is 399 g/mol. The number of carbonyl (C=O) groups excluding carboxylic acids is 1. The molecule has 0 spiro atoms. The van der Waals surface area contributed by atoms with Gasteiger partial charge >= 0.3 is 5.97 Å². The number of rotatable bonds is 6. The lowest BCUT2D eigenvalue weighted by Gasteiger charge is -2.55. The van der Waals surface area contributed by atoms with Gasteiger partial charge < -0.3 is 5.11 Å². The normalized spacial score (nSPS) is 39.7. The van der Waals surface area contributed by atoms with Gasteiger partial charge in [0.1, 0.15) is 0 Å². The Morgan fingerprint density at radius 1 is 1.17 bits per heavy atom. The van der Waals surface area contributed by atoms with Crippen molar-refractivity contribution in [2.75, 3.05) is 0 Å². The maximum Gasteiger partial charge on any atom is 0.303 e. The van der Waals surface area contributed by atoms with Crippen LogP contribution in [-0.4, -0.2) is 16.9 Å². The number of carboxylic acids is 1. The highest BCUT2D eigenvalue weighted by Crippen LogP contribution is 2.66. The lowest BCUT2D eigenvalue weighted by molar-refractivity contribution is -0.137. The number of unbranched alkanes of at least 4 members (excludes halogenated alkanes) is 1. The summed E-state index contributed by atoms with van der Waals surface area (Å²) in [6.45, 7) is 7.40. The largest absolute Gasteiger partial charge is 0.481 e. The molecule has 0 bridgehead atoms. The van der Waals surface area contributed by atoms with Gasteiger partial charge in [-0.2, -0.15) is 0 Å². The molecule has 6 atom stereocenters. The maximum absolute atomic E-state index is 12.0. The molecule has 0 saturated heterocycles. The molecule has 160 valence electrons. The number of aliphatic carboxylic acids is 1. The summed E-state index contributed by atoms with van der Waals surface area (Å²) in [5.74, 6) is 2.45. The van der Waals surface area contributed by atoms with E-state index in [-0.39, 0.29) is 5.41 Å². The molecule has 3 heteroatoms. The Balaban J connectivity index is 1.49. The monoisotopic (exact) mass is 398 g/mol. The highest BCUT2D eigenvalue weighted by atomic mass is 16.4. The maximum atomic E-state index is 12.0. The molecule has 4 rings (SSSR count). The van der Waals surface area contributed by atoms with E-state index in [0.717, 1.165) is 44.4 Å². The summed E-state index contributed by atoms with van der Waals surface area (Å²) in [7, 11) is 0. The first-order chi connectivity index (χ1) is 13.8. The van der Waals surface area contributed by atoms with Crippen LogP contribution in [0.3, 0.4) is 0 Å². The quantitative estimate of drug-likeness (QED) is 0.420. The summed E-state index contributed by atoms with van der Waals surface area (Å²) in [5.41, 5.74) is 3.73. The van der Waals surface area contributed by atoms with Gasteiger partial charge in [-0.25, -0.2) is 0 Å². The molecule has 2 saturated carbocycles. The predicted molar refractivity (Wildman–Crippen MR) is 115 cm³/mol. The topological polar surface area (TPSA) is 54.4 Å². The second-order valence-corrected chi connectivity index (χ2v) is 10.9. The van der Waals surface area contributed by atoms with Gasteiger partial charge in [0.25, 0.3) is 0 Å². The molecule has 0 aliphatic heterocycles. The van der Waals surface area contributed by atoms with E-state index in [1.165, 1.54) is 31.3 Å². The molecule has 2 fully saturated rings. The molecule has 1 N–H and O–H groups in total. The van der Waals surface area contributed by atoms with Gasteiger partial charge in [-0.1, -0.05) is 50.8 Å². The fraction of sp³-hybridized carbons (Fsp3) is 0.769. The average Bonchev–Trinajstić information content (AvgIpc) is 3.03. The van der Waals surface area contributed by atoms with Crippen LogP contribution in [0.15, 0.2) is 23.3 Å². The third-order valence-electron chi connectivity index (χ3n) is 9.46. The Bertz CT molecular complexity index is 747. The summed E-state index contributed by atoms with van der Waals surface area (Å²) in [4.78, 5) is 22.8. The van der Waals surface area contributed by atoms with E-state index in [1.807, 2.05) is 6.08 Å². The number of hydrogen-bond donors (Lipinski definition) is 1. The molecule has 0 aromatic carbocycles. The first kappa shape index (κ1) is 20.9. The van der Waals surface area contributed by atoms with Crippen LogP contribution in [0.25, 0.3) is 0 Å². The number of ketones is 1. The SMILES string of the molecule is CC(CCCCC(=O)O)C1CCC2C3=CCC4=CC(=O)CCC4(C)C3CCC21C. The van der Waals surface area contributed by atoms with E-state index < -0.39 is 5.97 Å². The van der Waals surface area contributed by atoms with E-state index in [2.05, 4.69) is 26.8 Å². The van der Waals surface area contributed by atoms with Crippen molar-refractivity contribution in [2.45, 2.75) is 91.4 Å². The van der Waals surface area contributed by atoms with Crippen molar-refractivity contribution < 1.29 is 14.7 Å². The number of fused-ring (bicyclic) bond motifs is 5. The van der Waals surface area contributed by atoms with Gasteiger partial charge in [-0.15, -0.1) is 0 Å². The van der Waals surface area contributed by atoms with Crippen molar-refractivity contribution in [1.29, 1.82) is 0 Å². The summed E-state index contributed by atoms with van der Waals surface area (Å²) < 4.78 is 0. The van der Waals surface area contributed by atoms with Crippen molar-refractivity contribution in [1.82, 2.24) is 0 Å². The van der Waals surface area contributed by atoms with Gasteiger partial charge in [0.2, 0.25) is 0 Å². The smallest absolute Gasteiger partial charge is 0.303 e. The van der Waals surface area contributed by atoms with E-state index in [0.29, 0.717) is 35.4 Å². The van der Waals surface area contributed by atoms with Gasteiger partial charge in [-0.3, -0.25) is 9.59 Å². The van der Waals surface area contributed by atoms with E-state index in [9.17, 15) is 9.59 Å². The molecule has 0 aromatic heterocycles. The van der Waals surface area contributed by atoms with Crippen LogP contribution in [0.4, 0.5) is 0 Å². The molecule has 0 heterocycles. The first-order valence-corrected chi connectivity index (χ1v) is 11.9. The second kappa shape index (κ2) is 7.71. The third kappa shape index (κ3) is 3.53. The summed E-state index contributed by atoms with van der Waals surface area (Å²) in [5, 5.41) is 8.88. The van der Waals surface area contributed by atoms with Gasteiger partial charge in [0.05, 0.1) is 0 Å². The molecule has 0 aromatic rings. The minimum atomic E-state index is -0.667. The molecule has 0 radical (unpaired) electrons. The minimum absolute atomic E-state index is 0.208. The Morgan fingerprint density at radius 2 is 1.97 bits per heavy atom. The van der Waals surface area contributed by atoms with E-state index >= 15 is 0 Å². The number of carboxylic acid groups (broad SMARTS) is 1. The highest BCUT2D eigenvalue weighted by molar-refractivity contribution is 5.91. The van der Waals surface area contributed by atoms with Crippen LogP contribution in [0.2, 0.25) is 0 Å². The van der Waals surface area contributed by atoms with E-state index in [4.69, 9.17) is 5.11 Å². The van der Waals surface area contributed by atoms with Gasteiger partial charge in [0, 0.05) is 12.8 Å². The van der Waals surface area contributed by atoms with Crippen molar-refractivity contribution in [3.63, 3.8) is 0 Å². The van der Waals surface area contributed by atoms with Crippen molar-refractivity contribution in [3.8, 4) is 0 Å². The standard InChI is InChI=1S/C26H38O3/c1-17(6-4-5-7-24(28)29)21-10-11-22-20-9-8-18-16-19(27)12-14-25(18,2)23(20)13-15-26(21,22)3/h9,16-17,21-23H,4-8,10-15H2,1-3H3,(H,28,29). The van der Waals surface area contributed by atoms with Crippen LogP contribution in [-0.2, 0) is 9.59 Å². The Labute approximate surface area is 176 Å². The fourth-order valence-electron chi connectivity index (χ4n) is 7.78. The Kier molecular flexibility index (Phi) is 5.55. The molecule has 4 aliphatic rings. The zero-order valence-electron chi connectivity index (χ0n) is 18.5. The molecule has 0 amide bonds. The predicted octanol–water partition coefficient (Wildman–Crippen LogP) is 6.34. The van der Waals surface area contributed by atoms with E-state index in [1.54, 1.807) is 5.57 Å². The minimum Gasteiger partial charge on any atom is -0.481 e. The summed E-state index contributed by atoms with van der Waals surface area (Å²) >= 11 is 0. The number of hydrogen-bond acceptors (Lipinski definition) is 2. The first-order valence-electron chi connectivity index (χ1n) is 11.9.